The number of hydrogen-bond acceptors (Lipinski definition) is 7. The maximum atomic E-state index is 13.4. The molecule has 6 N–H and O–H groups in total. The molecule has 0 saturated carbocycles. The van der Waals surface area contributed by atoms with Crippen LogP contribution in [0.4, 0.5) is 16.2 Å². The van der Waals surface area contributed by atoms with E-state index in [0.29, 0.717) is 4.47 Å². The number of aliphatic hydroxyl groups is 1. The standard InChI is InChI=1S/C24H36N4O6S/c1-16(2)34-27(35(32,33)18-11-12-19(25)20(26)14-18)15-22(29)21(13-17-9-7-6-8-10-17)28(23(30)31)24(3,4)5/h6-12,14,16,21-22,29H,13,15,25-26H2,1-5H3,(H,30,31)/t21-,22-/m0/s1. The summed E-state index contributed by atoms with van der Waals surface area (Å²) in [5, 5.41) is 21.3. The van der Waals surface area contributed by atoms with Crippen LogP contribution in [-0.4, -0.2) is 64.4 Å². The maximum absolute atomic E-state index is 13.4. The number of nitrogen functional groups attached to an aromatic ring is 2. The van der Waals surface area contributed by atoms with Crippen molar-refractivity contribution in [3.8, 4) is 0 Å². The number of carbonyl (C=O) groups is 1. The molecule has 0 aromatic heterocycles. The van der Waals surface area contributed by atoms with Crippen molar-refractivity contribution in [2.75, 3.05) is 18.0 Å². The van der Waals surface area contributed by atoms with Gasteiger partial charge < -0.3 is 21.7 Å². The lowest BCUT2D eigenvalue weighted by Gasteiger charge is -2.42. The number of hydrogen-bond donors (Lipinski definition) is 4. The number of sulfonamides is 1. The predicted octanol–water partition coefficient (Wildman–Crippen LogP) is 2.93. The molecule has 0 radical (unpaired) electrons. The second-order valence-corrected chi connectivity index (χ2v) is 11.4. The van der Waals surface area contributed by atoms with Crippen LogP contribution in [0.5, 0.6) is 0 Å². The van der Waals surface area contributed by atoms with Crippen LogP contribution in [0, 0.1) is 0 Å². The molecule has 1 amide bonds. The quantitative estimate of drug-likeness (QED) is 0.281. The molecule has 0 saturated heterocycles. The summed E-state index contributed by atoms with van der Waals surface area (Å²) < 4.78 is 27.5. The Balaban J connectivity index is 2.49. The Bertz CT molecular complexity index is 1100. The van der Waals surface area contributed by atoms with E-state index in [9.17, 15) is 23.4 Å². The van der Waals surface area contributed by atoms with Crippen molar-refractivity contribution in [3.05, 3.63) is 54.1 Å². The Kier molecular flexibility index (Phi) is 9.12. The first kappa shape index (κ1) is 28.4. The van der Waals surface area contributed by atoms with E-state index in [-0.39, 0.29) is 22.7 Å². The number of benzene rings is 2. The van der Waals surface area contributed by atoms with E-state index in [1.807, 2.05) is 30.3 Å². The molecule has 0 aliphatic heterocycles. The number of anilines is 2. The number of nitrogens with two attached hydrogens (primary N) is 2. The molecule has 11 heteroatoms. The number of nitrogens with zero attached hydrogens (tertiary/aromatic N) is 2. The highest BCUT2D eigenvalue weighted by Gasteiger charge is 2.40. The summed E-state index contributed by atoms with van der Waals surface area (Å²) in [6.45, 7) is 7.91. The molecule has 35 heavy (non-hydrogen) atoms. The van der Waals surface area contributed by atoms with Gasteiger partial charge in [0.05, 0.1) is 41.1 Å². The van der Waals surface area contributed by atoms with Gasteiger partial charge in [-0.25, -0.2) is 13.2 Å². The van der Waals surface area contributed by atoms with Crippen LogP contribution >= 0.6 is 0 Å². The number of amides is 1. The smallest absolute Gasteiger partial charge is 0.408 e. The van der Waals surface area contributed by atoms with E-state index in [0.717, 1.165) is 10.5 Å². The summed E-state index contributed by atoms with van der Waals surface area (Å²) in [7, 11) is -4.27. The van der Waals surface area contributed by atoms with Crippen LogP contribution in [0.2, 0.25) is 0 Å². The lowest BCUT2D eigenvalue weighted by atomic mass is 9.95. The van der Waals surface area contributed by atoms with Gasteiger partial charge in [0.1, 0.15) is 0 Å². The molecule has 0 heterocycles. The third-order valence-corrected chi connectivity index (χ3v) is 6.90. The second-order valence-electron chi connectivity index (χ2n) is 9.58. The average molecular weight is 509 g/mol. The van der Waals surface area contributed by atoms with Crippen molar-refractivity contribution in [3.63, 3.8) is 0 Å². The lowest BCUT2D eigenvalue weighted by Crippen LogP contribution is -2.58. The van der Waals surface area contributed by atoms with Crippen molar-refractivity contribution in [1.29, 1.82) is 0 Å². The third kappa shape index (κ3) is 7.31. The van der Waals surface area contributed by atoms with Crippen LogP contribution in [0.3, 0.4) is 0 Å². The number of hydroxylamine groups is 1. The summed E-state index contributed by atoms with van der Waals surface area (Å²) in [4.78, 5) is 18.8. The van der Waals surface area contributed by atoms with Gasteiger partial charge in [-0.2, -0.15) is 0 Å². The maximum Gasteiger partial charge on any atom is 0.408 e. The van der Waals surface area contributed by atoms with Gasteiger partial charge in [-0.15, -0.1) is 0 Å². The zero-order chi connectivity index (χ0) is 26.6. The Morgan fingerprint density at radius 3 is 2.14 bits per heavy atom. The molecule has 0 aliphatic carbocycles. The molecule has 194 valence electrons. The lowest BCUT2D eigenvalue weighted by molar-refractivity contribution is -0.141. The normalized spacial score (nSPS) is 14.2. The van der Waals surface area contributed by atoms with E-state index in [1.54, 1.807) is 34.6 Å². The summed E-state index contributed by atoms with van der Waals surface area (Å²) in [5.41, 5.74) is 11.8. The largest absolute Gasteiger partial charge is 0.465 e. The van der Waals surface area contributed by atoms with Gasteiger partial charge in [0.2, 0.25) is 0 Å². The molecule has 0 aliphatic rings. The van der Waals surface area contributed by atoms with E-state index in [2.05, 4.69) is 0 Å². The van der Waals surface area contributed by atoms with Crippen molar-refractivity contribution >= 4 is 27.5 Å². The summed E-state index contributed by atoms with van der Waals surface area (Å²) in [6, 6.07) is 12.0. The highest BCUT2D eigenvalue weighted by Crippen LogP contribution is 2.27. The minimum Gasteiger partial charge on any atom is -0.465 e. The van der Waals surface area contributed by atoms with Gasteiger partial charge in [0.25, 0.3) is 10.0 Å². The molecule has 0 bridgehead atoms. The van der Waals surface area contributed by atoms with E-state index < -0.39 is 46.4 Å². The zero-order valence-corrected chi connectivity index (χ0v) is 21.6. The number of carboxylic acid groups (broad SMARTS) is 1. The molecule has 2 atom stereocenters. The van der Waals surface area contributed by atoms with Gasteiger partial charge >= 0.3 is 6.09 Å². The molecule has 2 aromatic carbocycles. The first-order chi connectivity index (χ1) is 16.1. The minimum atomic E-state index is -4.27. The topological polar surface area (TPSA) is 159 Å². The van der Waals surface area contributed by atoms with E-state index in [1.165, 1.54) is 18.2 Å². The Hall–Kier alpha value is -2.86. The molecule has 0 spiro atoms. The Morgan fingerprint density at radius 1 is 1.06 bits per heavy atom. The fourth-order valence-corrected chi connectivity index (χ4v) is 5.10. The van der Waals surface area contributed by atoms with Gasteiger partial charge in [-0.1, -0.05) is 34.8 Å². The SMILES string of the molecule is CC(C)ON(C[C@H](O)[C@H](Cc1ccccc1)N(C(=O)O)C(C)(C)C)S(=O)(=O)c1ccc(N)c(N)c1. The van der Waals surface area contributed by atoms with E-state index in [4.69, 9.17) is 16.3 Å². The minimum absolute atomic E-state index is 0.0860. The molecule has 0 unspecified atom stereocenters. The summed E-state index contributed by atoms with van der Waals surface area (Å²) in [5.74, 6) is 0. The van der Waals surface area contributed by atoms with Crippen LogP contribution < -0.4 is 11.5 Å². The van der Waals surface area contributed by atoms with E-state index >= 15 is 0 Å². The summed E-state index contributed by atoms with van der Waals surface area (Å²) >= 11 is 0. The van der Waals surface area contributed by atoms with Gasteiger partial charge in [0.15, 0.2) is 0 Å². The predicted molar refractivity (Wildman–Crippen MR) is 135 cm³/mol. The van der Waals surface area contributed by atoms with Gasteiger partial charge in [-0.05, 0) is 64.8 Å². The Morgan fingerprint density at radius 2 is 1.66 bits per heavy atom. The second kappa shape index (κ2) is 11.3. The fourth-order valence-electron chi connectivity index (χ4n) is 3.72. The first-order valence-electron chi connectivity index (χ1n) is 11.2. The molecular formula is C24H36N4O6S. The van der Waals surface area contributed by atoms with Crippen molar-refractivity contribution < 1.29 is 28.3 Å². The molecular weight excluding hydrogens is 472 g/mol. The number of aliphatic hydroxyl groups excluding tert-OH is 1. The van der Waals surface area contributed by atoms with Crippen LogP contribution in [0.15, 0.2) is 53.4 Å². The fraction of sp³-hybridized carbons (Fsp3) is 0.458. The van der Waals surface area contributed by atoms with Gasteiger partial charge in [0, 0.05) is 5.54 Å². The first-order valence-corrected chi connectivity index (χ1v) is 12.7. The third-order valence-electron chi connectivity index (χ3n) is 5.28. The van der Waals surface area contributed by atoms with Crippen molar-refractivity contribution in [2.45, 2.75) is 69.7 Å². The van der Waals surface area contributed by atoms with Crippen LogP contribution in [0.25, 0.3) is 0 Å². The summed E-state index contributed by atoms with van der Waals surface area (Å²) in [6.07, 6.45) is -3.04. The molecule has 2 rings (SSSR count). The molecule has 2 aromatic rings. The average Bonchev–Trinajstić information content (AvgIpc) is 2.73. The Labute approximate surface area is 207 Å². The van der Waals surface area contributed by atoms with Crippen molar-refractivity contribution in [2.24, 2.45) is 0 Å². The van der Waals surface area contributed by atoms with Crippen LogP contribution in [0.1, 0.15) is 40.2 Å². The van der Waals surface area contributed by atoms with Gasteiger partial charge in [-0.3, -0.25) is 9.74 Å². The van der Waals surface area contributed by atoms with Crippen LogP contribution in [-0.2, 0) is 21.3 Å². The highest BCUT2D eigenvalue weighted by atomic mass is 32.2. The highest BCUT2D eigenvalue weighted by molar-refractivity contribution is 7.89. The molecule has 0 fully saturated rings. The monoisotopic (exact) mass is 508 g/mol. The molecule has 10 nitrogen and oxygen atoms in total. The van der Waals surface area contributed by atoms with Crippen molar-refractivity contribution in [1.82, 2.24) is 9.37 Å². The number of rotatable bonds is 10. The zero-order valence-electron chi connectivity index (χ0n) is 20.7.